The largest absolute Gasteiger partial charge is 0.481 e. The summed E-state index contributed by atoms with van der Waals surface area (Å²) in [6.07, 6.45) is 9.35. The van der Waals surface area contributed by atoms with Gasteiger partial charge in [0.25, 0.3) is 0 Å². The number of carbonyl (C=O) groups is 1. The molecule has 1 N–H and O–H groups in total. The minimum Gasteiger partial charge on any atom is -0.481 e. The molecule has 16 heavy (non-hydrogen) atoms. The molecule has 0 aromatic heterocycles. The monoisotopic (exact) mass is 226 g/mol. The molecule has 0 aromatic rings. The summed E-state index contributed by atoms with van der Waals surface area (Å²) >= 11 is 0. The van der Waals surface area contributed by atoms with Gasteiger partial charge in [0.15, 0.2) is 0 Å². The lowest BCUT2D eigenvalue weighted by atomic mass is 9.70. The minimum absolute atomic E-state index is 0.197. The molecule has 1 atom stereocenters. The van der Waals surface area contributed by atoms with Gasteiger partial charge in [-0.1, -0.05) is 19.3 Å². The van der Waals surface area contributed by atoms with E-state index in [9.17, 15) is 9.90 Å². The Labute approximate surface area is 97.2 Å². The van der Waals surface area contributed by atoms with Crippen molar-refractivity contribution < 1.29 is 14.6 Å². The molecule has 0 radical (unpaired) electrons. The van der Waals surface area contributed by atoms with Crippen molar-refractivity contribution >= 4 is 5.97 Å². The summed E-state index contributed by atoms with van der Waals surface area (Å²) in [4.78, 5) is 11.5. The van der Waals surface area contributed by atoms with Crippen molar-refractivity contribution in [3.63, 3.8) is 0 Å². The first-order valence-electron chi connectivity index (χ1n) is 6.58. The molecule has 1 saturated heterocycles. The summed E-state index contributed by atoms with van der Waals surface area (Å²) in [6.45, 7) is 0.820. The number of aliphatic carboxylic acids is 1. The van der Waals surface area contributed by atoms with E-state index < -0.39 is 11.4 Å². The van der Waals surface area contributed by atoms with Crippen molar-refractivity contribution in [2.45, 2.75) is 63.9 Å². The molecular weight excluding hydrogens is 204 g/mol. The number of ether oxygens (including phenoxy) is 1. The number of rotatable bonds is 3. The number of carboxylic acid groups (broad SMARTS) is 1. The number of carboxylic acids is 1. The van der Waals surface area contributed by atoms with Gasteiger partial charge in [-0.15, -0.1) is 0 Å². The molecule has 2 aliphatic rings. The van der Waals surface area contributed by atoms with Gasteiger partial charge < -0.3 is 9.84 Å². The highest BCUT2D eigenvalue weighted by Crippen LogP contribution is 2.42. The van der Waals surface area contributed by atoms with Crippen molar-refractivity contribution in [2.75, 3.05) is 6.61 Å². The molecule has 1 saturated carbocycles. The normalized spacial score (nSPS) is 29.9. The molecular formula is C13H22O3. The van der Waals surface area contributed by atoms with Gasteiger partial charge in [-0.05, 0) is 38.5 Å². The third-order valence-corrected chi connectivity index (χ3v) is 4.16. The quantitative estimate of drug-likeness (QED) is 0.804. The van der Waals surface area contributed by atoms with Crippen LogP contribution in [0.2, 0.25) is 0 Å². The van der Waals surface area contributed by atoms with Gasteiger partial charge in [0.1, 0.15) is 0 Å². The fourth-order valence-corrected chi connectivity index (χ4v) is 3.14. The molecule has 2 fully saturated rings. The predicted molar refractivity (Wildman–Crippen MR) is 61.4 cm³/mol. The van der Waals surface area contributed by atoms with Crippen LogP contribution in [0, 0.1) is 5.41 Å². The van der Waals surface area contributed by atoms with Crippen molar-refractivity contribution in [3.8, 4) is 0 Å². The molecule has 1 unspecified atom stereocenters. The summed E-state index contributed by atoms with van der Waals surface area (Å²) < 4.78 is 5.69. The lowest BCUT2D eigenvalue weighted by molar-refractivity contribution is -0.155. The Morgan fingerprint density at radius 2 is 1.94 bits per heavy atom. The van der Waals surface area contributed by atoms with E-state index in [4.69, 9.17) is 4.74 Å². The van der Waals surface area contributed by atoms with Crippen LogP contribution in [-0.2, 0) is 9.53 Å². The minimum atomic E-state index is -0.596. The molecule has 0 spiro atoms. The first kappa shape index (κ1) is 11.9. The van der Waals surface area contributed by atoms with Gasteiger partial charge in [0.2, 0.25) is 0 Å². The average molecular weight is 226 g/mol. The van der Waals surface area contributed by atoms with E-state index in [0.29, 0.717) is 0 Å². The molecule has 2 rings (SSSR count). The molecule has 3 nitrogen and oxygen atoms in total. The standard InChI is InChI=1S/C13H22O3/c14-12(15)13(7-3-1-4-8-13)10-11-6-2-5-9-16-11/h11H,1-10H2,(H,14,15). The third-order valence-electron chi connectivity index (χ3n) is 4.16. The maximum atomic E-state index is 11.5. The average Bonchev–Trinajstić information content (AvgIpc) is 2.31. The van der Waals surface area contributed by atoms with Crippen LogP contribution in [0.1, 0.15) is 57.8 Å². The second-order valence-electron chi connectivity index (χ2n) is 5.34. The lowest BCUT2D eigenvalue weighted by Gasteiger charge is -2.37. The van der Waals surface area contributed by atoms with E-state index in [2.05, 4.69) is 0 Å². The highest BCUT2D eigenvalue weighted by Gasteiger charge is 2.41. The van der Waals surface area contributed by atoms with Gasteiger partial charge in [-0.25, -0.2) is 0 Å². The van der Waals surface area contributed by atoms with E-state index in [-0.39, 0.29) is 6.10 Å². The zero-order valence-corrected chi connectivity index (χ0v) is 9.91. The zero-order valence-electron chi connectivity index (χ0n) is 9.91. The van der Waals surface area contributed by atoms with Crippen molar-refractivity contribution in [2.24, 2.45) is 5.41 Å². The Morgan fingerprint density at radius 3 is 2.50 bits per heavy atom. The van der Waals surface area contributed by atoms with E-state index in [1.54, 1.807) is 0 Å². The Balaban J connectivity index is 1.98. The highest BCUT2D eigenvalue weighted by molar-refractivity contribution is 5.74. The summed E-state index contributed by atoms with van der Waals surface area (Å²) in [5.41, 5.74) is -0.472. The summed E-state index contributed by atoms with van der Waals surface area (Å²) in [7, 11) is 0. The lowest BCUT2D eigenvalue weighted by Crippen LogP contribution is -2.38. The van der Waals surface area contributed by atoms with Crippen LogP contribution >= 0.6 is 0 Å². The van der Waals surface area contributed by atoms with Gasteiger partial charge in [-0.3, -0.25) is 4.79 Å². The molecule has 1 aliphatic carbocycles. The van der Waals surface area contributed by atoms with Gasteiger partial charge >= 0.3 is 5.97 Å². The maximum Gasteiger partial charge on any atom is 0.309 e. The fraction of sp³-hybridized carbons (Fsp3) is 0.923. The third kappa shape index (κ3) is 2.57. The first-order valence-corrected chi connectivity index (χ1v) is 6.58. The van der Waals surface area contributed by atoms with E-state index in [1.165, 1.54) is 12.8 Å². The molecule has 0 amide bonds. The maximum absolute atomic E-state index is 11.5. The molecule has 1 aliphatic heterocycles. The Morgan fingerprint density at radius 1 is 1.19 bits per heavy atom. The van der Waals surface area contributed by atoms with Crippen LogP contribution in [0.15, 0.2) is 0 Å². The van der Waals surface area contributed by atoms with Gasteiger partial charge in [0, 0.05) is 6.61 Å². The summed E-state index contributed by atoms with van der Waals surface area (Å²) in [5.74, 6) is -0.596. The van der Waals surface area contributed by atoms with Crippen LogP contribution in [0.5, 0.6) is 0 Å². The smallest absolute Gasteiger partial charge is 0.309 e. The molecule has 0 bridgehead atoms. The molecule has 0 aromatic carbocycles. The van der Waals surface area contributed by atoms with Crippen LogP contribution < -0.4 is 0 Å². The second-order valence-corrected chi connectivity index (χ2v) is 5.34. The summed E-state index contributed by atoms with van der Waals surface area (Å²) in [5, 5.41) is 9.46. The Hall–Kier alpha value is -0.570. The van der Waals surface area contributed by atoms with Crippen LogP contribution in [-0.4, -0.2) is 23.8 Å². The van der Waals surface area contributed by atoms with Crippen molar-refractivity contribution in [1.29, 1.82) is 0 Å². The topological polar surface area (TPSA) is 46.5 Å². The van der Waals surface area contributed by atoms with Gasteiger partial charge in [0.05, 0.1) is 11.5 Å². The number of hydrogen-bond acceptors (Lipinski definition) is 2. The van der Waals surface area contributed by atoms with Crippen LogP contribution in [0.25, 0.3) is 0 Å². The predicted octanol–water partition coefficient (Wildman–Crippen LogP) is 2.98. The van der Waals surface area contributed by atoms with Crippen LogP contribution in [0.4, 0.5) is 0 Å². The fourth-order valence-electron chi connectivity index (χ4n) is 3.14. The summed E-state index contributed by atoms with van der Waals surface area (Å²) in [6, 6.07) is 0. The molecule has 3 heteroatoms. The van der Waals surface area contributed by atoms with E-state index in [0.717, 1.165) is 51.6 Å². The van der Waals surface area contributed by atoms with Gasteiger partial charge in [-0.2, -0.15) is 0 Å². The molecule has 92 valence electrons. The van der Waals surface area contributed by atoms with Crippen molar-refractivity contribution in [1.82, 2.24) is 0 Å². The highest BCUT2D eigenvalue weighted by atomic mass is 16.5. The molecule has 1 heterocycles. The second kappa shape index (κ2) is 5.17. The SMILES string of the molecule is O=C(O)C1(CC2CCCCO2)CCCCC1. The van der Waals surface area contributed by atoms with E-state index in [1.807, 2.05) is 0 Å². The first-order chi connectivity index (χ1) is 7.73. The number of hydrogen-bond donors (Lipinski definition) is 1. The van der Waals surface area contributed by atoms with E-state index >= 15 is 0 Å². The zero-order chi connectivity index (χ0) is 11.4. The van der Waals surface area contributed by atoms with Crippen LogP contribution in [0.3, 0.4) is 0 Å². The van der Waals surface area contributed by atoms with Crippen molar-refractivity contribution in [3.05, 3.63) is 0 Å². The Bertz CT molecular complexity index is 238. The Kier molecular flexibility index (Phi) is 3.85.